The number of nitrogens with zero attached hydrogens (tertiary/aromatic N) is 4. The Balaban J connectivity index is 1.36. The van der Waals surface area contributed by atoms with Gasteiger partial charge in [-0.15, -0.1) is 11.3 Å². The van der Waals surface area contributed by atoms with E-state index in [0.717, 1.165) is 52.5 Å². The first-order chi connectivity index (χ1) is 16.4. The van der Waals surface area contributed by atoms with Crippen molar-refractivity contribution in [2.24, 2.45) is 0 Å². The molecule has 0 spiro atoms. The number of H-pyrrole nitrogens is 1. The molecule has 4 heterocycles. The summed E-state index contributed by atoms with van der Waals surface area (Å²) in [5, 5.41) is 13.6. The van der Waals surface area contributed by atoms with E-state index in [1.807, 2.05) is 24.3 Å². The number of hydrogen-bond donors (Lipinski definition) is 2. The number of allylic oxidation sites excluding steroid dienone is 2. The summed E-state index contributed by atoms with van der Waals surface area (Å²) in [5.41, 5.74) is 5.50. The second-order valence-corrected chi connectivity index (χ2v) is 10.4. The molecule has 0 saturated carbocycles. The largest absolute Gasteiger partial charge is 0.347 e. The van der Waals surface area contributed by atoms with Crippen molar-refractivity contribution in [2.75, 3.05) is 18.4 Å². The van der Waals surface area contributed by atoms with E-state index in [2.05, 4.69) is 57.2 Å². The molecule has 7 nitrogen and oxygen atoms in total. The summed E-state index contributed by atoms with van der Waals surface area (Å²) in [5.74, 6) is -0.102. The molecule has 0 atom stereocenters. The number of amides is 1. The number of aromatic nitrogens is 3. The maximum absolute atomic E-state index is 12.9. The molecular weight excluding hydrogens is 444 g/mol. The molecule has 0 unspecified atom stereocenters. The van der Waals surface area contributed by atoms with Gasteiger partial charge in [0.05, 0.1) is 35.5 Å². The highest BCUT2D eigenvalue weighted by Crippen LogP contribution is 2.47. The van der Waals surface area contributed by atoms with Gasteiger partial charge < -0.3 is 10.3 Å². The van der Waals surface area contributed by atoms with Gasteiger partial charge in [0.25, 0.3) is 0 Å². The summed E-state index contributed by atoms with van der Waals surface area (Å²) in [6.45, 7) is 6.12. The van der Waals surface area contributed by atoms with Crippen LogP contribution in [0.4, 0.5) is 5.00 Å². The van der Waals surface area contributed by atoms with Crippen LogP contribution in [0.2, 0.25) is 0 Å². The fourth-order valence-electron chi connectivity index (χ4n) is 4.66. The molecule has 2 N–H and O–H groups in total. The van der Waals surface area contributed by atoms with Crippen molar-refractivity contribution in [2.45, 2.75) is 38.6 Å². The number of pyridine rings is 1. The minimum absolute atomic E-state index is 0.102. The predicted octanol–water partition coefficient (Wildman–Crippen LogP) is 4.51. The van der Waals surface area contributed by atoms with E-state index in [0.29, 0.717) is 17.1 Å². The van der Waals surface area contributed by atoms with Gasteiger partial charge in [-0.1, -0.05) is 26.0 Å². The van der Waals surface area contributed by atoms with Crippen molar-refractivity contribution in [1.29, 1.82) is 5.26 Å². The van der Waals surface area contributed by atoms with E-state index in [-0.39, 0.29) is 17.9 Å². The number of thiophene rings is 1. The number of hydrogen-bond acceptors (Lipinski definition) is 6. The van der Waals surface area contributed by atoms with Crippen molar-refractivity contribution in [3.63, 3.8) is 0 Å². The van der Waals surface area contributed by atoms with Crippen LogP contribution in [0.3, 0.4) is 0 Å². The number of anilines is 1. The van der Waals surface area contributed by atoms with Crippen LogP contribution in [0, 0.1) is 11.3 Å². The molecular formula is C26H26N6OS. The zero-order valence-corrected chi connectivity index (χ0v) is 20.1. The zero-order chi connectivity index (χ0) is 23.7. The van der Waals surface area contributed by atoms with Crippen molar-refractivity contribution < 1.29 is 4.79 Å². The molecule has 2 aliphatic rings. The lowest BCUT2D eigenvalue weighted by molar-refractivity contribution is -0.117. The van der Waals surface area contributed by atoms with Crippen LogP contribution < -0.4 is 5.32 Å². The molecule has 5 rings (SSSR count). The Hall–Kier alpha value is -3.54. The molecule has 0 bridgehead atoms. The monoisotopic (exact) mass is 470 g/mol. The maximum Gasteiger partial charge on any atom is 0.239 e. The Morgan fingerprint density at radius 1 is 1.35 bits per heavy atom. The third-order valence-corrected chi connectivity index (χ3v) is 7.76. The van der Waals surface area contributed by atoms with Crippen LogP contribution >= 0.6 is 11.3 Å². The summed E-state index contributed by atoms with van der Waals surface area (Å²) >= 11 is 1.52. The van der Waals surface area contributed by atoms with E-state index in [9.17, 15) is 10.1 Å². The first-order valence-electron chi connectivity index (χ1n) is 11.3. The van der Waals surface area contributed by atoms with E-state index in [1.165, 1.54) is 11.3 Å². The molecule has 0 aromatic carbocycles. The first kappa shape index (κ1) is 22.3. The number of carbonyl (C=O) groups is 1. The van der Waals surface area contributed by atoms with Gasteiger partial charge >= 0.3 is 0 Å². The molecule has 1 aliphatic carbocycles. The minimum atomic E-state index is -0.142. The van der Waals surface area contributed by atoms with Gasteiger partial charge in [-0.3, -0.25) is 14.7 Å². The number of nitrogens with one attached hydrogen (secondary N) is 2. The van der Waals surface area contributed by atoms with Gasteiger partial charge in [-0.2, -0.15) is 5.26 Å². The number of nitriles is 1. The quantitative estimate of drug-likeness (QED) is 0.572. The van der Waals surface area contributed by atoms with Crippen LogP contribution in [-0.4, -0.2) is 38.8 Å². The second-order valence-electron chi connectivity index (χ2n) is 9.37. The van der Waals surface area contributed by atoms with Gasteiger partial charge in [0.2, 0.25) is 5.91 Å². The highest BCUT2D eigenvalue weighted by molar-refractivity contribution is 7.17. The van der Waals surface area contributed by atoms with Crippen molar-refractivity contribution >= 4 is 34.4 Å². The van der Waals surface area contributed by atoms with Gasteiger partial charge in [0, 0.05) is 41.6 Å². The summed E-state index contributed by atoms with van der Waals surface area (Å²) in [6.07, 6.45) is 11.3. The topological polar surface area (TPSA) is 97.7 Å². The normalized spacial score (nSPS) is 17.0. The van der Waals surface area contributed by atoms with E-state index in [1.54, 1.807) is 12.5 Å². The lowest BCUT2D eigenvalue weighted by Gasteiger charge is -2.29. The summed E-state index contributed by atoms with van der Waals surface area (Å²) in [4.78, 5) is 27.9. The smallest absolute Gasteiger partial charge is 0.239 e. The number of imidazole rings is 1. The molecule has 0 saturated heterocycles. The lowest BCUT2D eigenvalue weighted by Crippen LogP contribution is -2.37. The van der Waals surface area contributed by atoms with E-state index < -0.39 is 0 Å². The lowest BCUT2D eigenvalue weighted by atomic mass is 9.77. The fraction of sp³-hybridized carbons (Fsp3) is 0.308. The molecule has 1 aliphatic heterocycles. The standard InChI is InChI=1S/C26H26N6OS/c1-26(2)12-17(6-7-18-5-3-4-9-28-18)11-19-20(13-27)25(34-24(19)26)31-23(33)15-32-10-8-21-22(14-32)30-16-29-21/h3-7,9,11,16H,8,10,12,14-15H2,1-2H3,(H,29,30)(H,31,33)/b7-6+. The molecule has 3 aromatic heterocycles. The summed E-state index contributed by atoms with van der Waals surface area (Å²) < 4.78 is 0. The van der Waals surface area contributed by atoms with E-state index >= 15 is 0 Å². The molecule has 1 amide bonds. The third kappa shape index (κ3) is 4.45. The zero-order valence-electron chi connectivity index (χ0n) is 19.3. The average molecular weight is 471 g/mol. The number of carbonyl (C=O) groups excluding carboxylic acids is 1. The van der Waals surface area contributed by atoms with Crippen molar-refractivity contribution in [3.8, 4) is 6.07 Å². The molecule has 8 heteroatoms. The predicted molar refractivity (Wildman–Crippen MR) is 134 cm³/mol. The van der Waals surface area contributed by atoms with Crippen LogP contribution in [0.15, 0.2) is 42.4 Å². The van der Waals surface area contributed by atoms with Crippen molar-refractivity contribution in [1.82, 2.24) is 19.9 Å². The summed E-state index contributed by atoms with van der Waals surface area (Å²) in [7, 11) is 0. The van der Waals surface area contributed by atoms with Crippen molar-refractivity contribution in [3.05, 3.63) is 75.5 Å². The van der Waals surface area contributed by atoms with Gasteiger partial charge in [-0.05, 0) is 36.3 Å². The maximum atomic E-state index is 12.9. The van der Waals surface area contributed by atoms with Crippen LogP contribution in [0.1, 0.15) is 53.4 Å². The minimum Gasteiger partial charge on any atom is -0.347 e. The Bertz CT molecular complexity index is 1330. The Kier molecular flexibility index (Phi) is 5.90. The summed E-state index contributed by atoms with van der Waals surface area (Å²) in [6, 6.07) is 8.16. The average Bonchev–Trinajstić information content (AvgIpc) is 3.42. The van der Waals surface area contributed by atoms with Crippen LogP contribution in [0.25, 0.3) is 12.2 Å². The van der Waals surface area contributed by atoms with Crippen LogP contribution in [-0.2, 0) is 23.2 Å². The Labute approximate surface area is 202 Å². The number of fused-ring (bicyclic) bond motifs is 2. The Morgan fingerprint density at radius 2 is 2.24 bits per heavy atom. The van der Waals surface area contributed by atoms with Gasteiger partial charge in [0.15, 0.2) is 0 Å². The van der Waals surface area contributed by atoms with E-state index in [4.69, 9.17) is 0 Å². The highest BCUT2D eigenvalue weighted by atomic mass is 32.1. The first-order valence-corrected chi connectivity index (χ1v) is 12.1. The molecule has 3 aromatic rings. The Morgan fingerprint density at radius 3 is 3.03 bits per heavy atom. The molecule has 34 heavy (non-hydrogen) atoms. The molecule has 0 radical (unpaired) electrons. The fourth-order valence-corrected chi connectivity index (χ4v) is 5.90. The van der Waals surface area contributed by atoms with Gasteiger partial charge in [0.1, 0.15) is 11.1 Å². The second kappa shape index (κ2) is 9.01. The SMILES string of the molecule is CC1(C)CC(/C=C/c2ccccn2)=Cc2c1sc(NC(=O)CN1CCc3nc[nH]c3C1)c2C#N. The van der Waals surface area contributed by atoms with Gasteiger partial charge in [-0.25, -0.2) is 4.98 Å². The highest BCUT2D eigenvalue weighted by Gasteiger charge is 2.33. The molecule has 172 valence electrons. The molecule has 0 fully saturated rings. The number of rotatable bonds is 5. The van der Waals surface area contributed by atoms with Crippen LogP contribution in [0.5, 0.6) is 0 Å². The number of aromatic amines is 1. The third-order valence-electron chi connectivity index (χ3n) is 6.28.